The quantitative estimate of drug-likeness (QED) is 0.506. The lowest BCUT2D eigenvalue weighted by Gasteiger charge is -2.17. The molecule has 9 nitrogen and oxygen atoms in total. The Hall–Kier alpha value is -2.50. The number of esters is 2. The van der Waals surface area contributed by atoms with Gasteiger partial charge in [0, 0.05) is 0 Å². The zero-order valence-corrected chi connectivity index (χ0v) is 18.4. The SMILES string of the molecule is COC(=O)c1ccc(COC(=O)C(CCSC)NS(=O)(=O)c2ccc(OC)cc2)o1. The zero-order chi connectivity index (χ0) is 22.1. The smallest absolute Gasteiger partial charge is 0.373 e. The van der Waals surface area contributed by atoms with E-state index in [1.54, 1.807) is 0 Å². The van der Waals surface area contributed by atoms with E-state index in [-0.39, 0.29) is 29.4 Å². The predicted molar refractivity (Wildman–Crippen MR) is 110 cm³/mol. The Bertz CT molecular complexity index is 953. The summed E-state index contributed by atoms with van der Waals surface area (Å²) in [6.07, 6.45) is 2.08. The molecular formula is C19H23NO8S2. The molecule has 0 amide bonds. The van der Waals surface area contributed by atoms with Crippen LogP contribution in [0.2, 0.25) is 0 Å². The highest BCUT2D eigenvalue weighted by Crippen LogP contribution is 2.17. The van der Waals surface area contributed by atoms with Crippen LogP contribution in [0.1, 0.15) is 22.7 Å². The fourth-order valence-corrected chi connectivity index (χ4v) is 4.07. The number of sulfonamides is 1. The summed E-state index contributed by atoms with van der Waals surface area (Å²) in [5.41, 5.74) is 0. The van der Waals surface area contributed by atoms with Gasteiger partial charge in [-0.25, -0.2) is 13.2 Å². The highest BCUT2D eigenvalue weighted by atomic mass is 32.2. The zero-order valence-electron chi connectivity index (χ0n) is 16.7. The van der Waals surface area contributed by atoms with Crippen molar-refractivity contribution in [3.63, 3.8) is 0 Å². The second-order valence-corrected chi connectivity index (χ2v) is 8.70. The Labute approximate surface area is 179 Å². The van der Waals surface area contributed by atoms with Crippen LogP contribution in [0.4, 0.5) is 0 Å². The van der Waals surface area contributed by atoms with Crippen LogP contribution in [-0.2, 0) is 30.9 Å². The van der Waals surface area contributed by atoms with Gasteiger partial charge in [0.25, 0.3) is 0 Å². The first-order chi connectivity index (χ1) is 14.3. The van der Waals surface area contributed by atoms with Crippen molar-refractivity contribution in [2.24, 2.45) is 0 Å². The van der Waals surface area contributed by atoms with E-state index >= 15 is 0 Å². The average molecular weight is 458 g/mol. The van der Waals surface area contributed by atoms with Gasteiger partial charge in [-0.05, 0) is 54.8 Å². The molecule has 30 heavy (non-hydrogen) atoms. The lowest BCUT2D eigenvalue weighted by molar-refractivity contribution is -0.147. The fourth-order valence-electron chi connectivity index (χ4n) is 2.38. The molecule has 0 fully saturated rings. The van der Waals surface area contributed by atoms with Crippen LogP contribution in [0.3, 0.4) is 0 Å². The van der Waals surface area contributed by atoms with E-state index in [0.717, 1.165) is 0 Å². The topological polar surface area (TPSA) is 121 Å². The normalized spacial score (nSPS) is 12.2. The Morgan fingerprint density at radius 1 is 1.13 bits per heavy atom. The Morgan fingerprint density at radius 2 is 1.83 bits per heavy atom. The van der Waals surface area contributed by atoms with Crippen molar-refractivity contribution < 1.29 is 36.6 Å². The van der Waals surface area contributed by atoms with Gasteiger partial charge in [-0.3, -0.25) is 4.79 Å². The summed E-state index contributed by atoms with van der Waals surface area (Å²) >= 11 is 1.47. The molecule has 1 aromatic carbocycles. The number of hydrogen-bond donors (Lipinski definition) is 1. The van der Waals surface area contributed by atoms with Crippen molar-refractivity contribution in [3.8, 4) is 5.75 Å². The first-order valence-electron chi connectivity index (χ1n) is 8.79. The van der Waals surface area contributed by atoms with Crippen LogP contribution in [0.5, 0.6) is 5.75 Å². The van der Waals surface area contributed by atoms with E-state index in [4.69, 9.17) is 13.9 Å². The van der Waals surface area contributed by atoms with E-state index in [1.165, 1.54) is 62.4 Å². The van der Waals surface area contributed by atoms with Gasteiger partial charge in [-0.15, -0.1) is 0 Å². The molecule has 2 rings (SSSR count). The summed E-state index contributed by atoms with van der Waals surface area (Å²) in [6, 6.07) is 7.58. The van der Waals surface area contributed by atoms with E-state index in [2.05, 4.69) is 9.46 Å². The monoisotopic (exact) mass is 457 g/mol. The second-order valence-electron chi connectivity index (χ2n) is 6.00. The number of furan rings is 1. The van der Waals surface area contributed by atoms with E-state index in [0.29, 0.717) is 11.5 Å². The highest BCUT2D eigenvalue weighted by molar-refractivity contribution is 7.98. The van der Waals surface area contributed by atoms with Crippen molar-refractivity contribution in [2.45, 2.75) is 24.0 Å². The molecule has 2 aromatic rings. The van der Waals surface area contributed by atoms with E-state index < -0.39 is 28.0 Å². The summed E-state index contributed by atoms with van der Waals surface area (Å²) in [6.45, 7) is -0.254. The van der Waals surface area contributed by atoms with Gasteiger partial charge in [0.1, 0.15) is 24.2 Å². The van der Waals surface area contributed by atoms with Gasteiger partial charge < -0.3 is 18.6 Å². The molecule has 1 atom stereocenters. The minimum Gasteiger partial charge on any atom is -0.497 e. The van der Waals surface area contributed by atoms with Crippen molar-refractivity contribution >= 4 is 33.7 Å². The Morgan fingerprint density at radius 3 is 2.43 bits per heavy atom. The molecule has 1 unspecified atom stereocenters. The second kappa shape index (κ2) is 11.0. The number of carbonyl (C=O) groups is 2. The highest BCUT2D eigenvalue weighted by Gasteiger charge is 2.27. The predicted octanol–water partition coefficient (Wildman–Crippen LogP) is 2.22. The van der Waals surface area contributed by atoms with Crippen LogP contribution in [-0.4, -0.2) is 52.6 Å². The number of carbonyl (C=O) groups excluding carboxylic acids is 2. The maximum absolute atomic E-state index is 12.7. The number of nitrogens with one attached hydrogen (secondary N) is 1. The molecule has 0 bridgehead atoms. The largest absolute Gasteiger partial charge is 0.497 e. The summed E-state index contributed by atoms with van der Waals surface area (Å²) in [5, 5.41) is 0. The summed E-state index contributed by atoms with van der Waals surface area (Å²) in [7, 11) is -1.26. The third kappa shape index (κ3) is 6.51. The molecule has 0 aliphatic carbocycles. The molecule has 164 valence electrons. The number of methoxy groups -OCH3 is 2. The molecule has 1 heterocycles. The third-order valence-electron chi connectivity index (χ3n) is 3.97. The van der Waals surface area contributed by atoms with Gasteiger partial charge in [0.15, 0.2) is 0 Å². The van der Waals surface area contributed by atoms with Crippen molar-refractivity contribution in [2.75, 3.05) is 26.2 Å². The maximum atomic E-state index is 12.7. The number of benzene rings is 1. The Balaban J connectivity index is 2.06. The average Bonchev–Trinajstić information content (AvgIpc) is 3.23. The number of rotatable bonds is 11. The van der Waals surface area contributed by atoms with Crippen LogP contribution >= 0.6 is 11.8 Å². The molecule has 0 aliphatic heterocycles. The molecule has 0 aliphatic rings. The first-order valence-corrected chi connectivity index (χ1v) is 11.7. The minimum absolute atomic E-state index is 0.000920. The lowest BCUT2D eigenvalue weighted by atomic mass is 10.2. The van der Waals surface area contributed by atoms with Crippen LogP contribution in [0.15, 0.2) is 45.7 Å². The van der Waals surface area contributed by atoms with Gasteiger partial charge >= 0.3 is 11.9 Å². The van der Waals surface area contributed by atoms with E-state index in [9.17, 15) is 18.0 Å². The molecular weight excluding hydrogens is 434 g/mol. The van der Waals surface area contributed by atoms with Gasteiger partial charge in [0.05, 0.1) is 19.1 Å². The summed E-state index contributed by atoms with van der Waals surface area (Å²) < 4.78 is 47.7. The molecule has 0 spiro atoms. The number of thioether (sulfide) groups is 1. The lowest BCUT2D eigenvalue weighted by Crippen LogP contribution is -2.42. The van der Waals surface area contributed by atoms with Gasteiger partial charge in [-0.1, -0.05) is 0 Å². The van der Waals surface area contributed by atoms with E-state index in [1.807, 2.05) is 6.26 Å². The minimum atomic E-state index is -3.95. The third-order valence-corrected chi connectivity index (χ3v) is 6.10. The van der Waals surface area contributed by atoms with Crippen LogP contribution < -0.4 is 9.46 Å². The maximum Gasteiger partial charge on any atom is 0.373 e. The molecule has 0 radical (unpaired) electrons. The fraction of sp³-hybridized carbons (Fsp3) is 0.368. The summed E-state index contributed by atoms with van der Waals surface area (Å²) in [4.78, 5) is 23.9. The Kier molecular flexibility index (Phi) is 8.75. The number of hydrogen-bond acceptors (Lipinski definition) is 9. The first kappa shape index (κ1) is 23.8. The molecule has 1 N–H and O–H groups in total. The van der Waals surface area contributed by atoms with Crippen molar-refractivity contribution in [1.29, 1.82) is 0 Å². The van der Waals surface area contributed by atoms with Gasteiger partial charge in [-0.2, -0.15) is 16.5 Å². The molecule has 11 heteroatoms. The van der Waals surface area contributed by atoms with Crippen LogP contribution in [0, 0.1) is 0 Å². The molecule has 1 aromatic heterocycles. The van der Waals surface area contributed by atoms with Crippen LogP contribution in [0.25, 0.3) is 0 Å². The van der Waals surface area contributed by atoms with Gasteiger partial charge in [0.2, 0.25) is 15.8 Å². The standard InChI is InChI=1S/C19H23NO8S2/c1-25-13-4-7-15(8-5-13)30(23,24)20-16(10-11-29-3)18(21)27-12-14-6-9-17(28-14)19(22)26-2/h4-9,16,20H,10-12H2,1-3H3. The van der Waals surface area contributed by atoms with Crippen molar-refractivity contribution in [3.05, 3.63) is 47.9 Å². The molecule has 0 saturated heterocycles. The summed E-state index contributed by atoms with van der Waals surface area (Å²) in [5.74, 6) is -0.155. The molecule has 0 saturated carbocycles. The number of ether oxygens (including phenoxy) is 3. The van der Waals surface area contributed by atoms with Crippen molar-refractivity contribution in [1.82, 2.24) is 4.72 Å².